The lowest BCUT2D eigenvalue weighted by atomic mass is 10.2. The highest BCUT2D eigenvalue weighted by molar-refractivity contribution is 7.80. The largest absolute Gasteiger partial charge is 0.298 e. The summed E-state index contributed by atoms with van der Waals surface area (Å²) in [6.07, 6.45) is -0.302. The Bertz CT molecular complexity index is 348. The van der Waals surface area contributed by atoms with E-state index >= 15 is 0 Å². The molecular formula is C7H2F4OS. The van der Waals surface area contributed by atoms with E-state index in [4.69, 9.17) is 0 Å². The number of hydrogen-bond acceptors (Lipinski definition) is 2. The zero-order chi connectivity index (χ0) is 10.2. The molecule has 1 nitrogen and oxygen atoms in total. The van der Waals surface area contributed by atoms with E-state index in [1.807, 2.05) is 0 Å². The number of benzene rings is 1. The molecule has 0 aliphatic rings. The molecule has 13 heavy (non-hydrogen) atoms. The summed E-state index contributed by atoms with van der Waals surface area (Å²) in [5.74, 6) is -6.83. The minimum absolute atomic E-state index is 0.302. The molecule has 1 rings (SSSR count). The van der Waals surface area contributed by atoms with Gasteiger partial charge in [0.2, 0.25) is 0 Å². The average Bonchev–Trinajstić information content (AvgIpc) is 2.13. The molecule has 0 saturated carbocycles. The van der Waals surface area contributed by atoms with Crippen LogP contribution in [-0.4, -0.2) is 6.29 Å². The predicted octanol–water partition coefficient (Wildman–Crippen LogP) is 2.34. The standard InChI is InChI=1S/C7H2F4OS/c8-3-2(1-12)4(9)6(11)7(13)5(3)10/h1,13H. The van der Waals surface area contributed by atoms with Crippen molar-refractivity contribution in [2.24, 2.45) is 0 Å². The summed E-state index contributed by atoms with van der Waals surface area (Å²) in [4.78, 5) is 8.94. The summed E-state index contributed by atoms with van der Waals surface area (Å²) in [7, 11) is 0. The van der Waals surface area contributed by atoms with Gasteiger partial charge in [-0.1, -0.05) is 0 Å². The van der Waals surface area contributed by atoms with Gasteiger partial charge >= 0.3 is 0 Å². The monoisotopic (exact) mass is 210 g/mol. The third kappa shape index (κ3) is 1.41. The number of hydrogen-bond donors (Lipinski definition) is 1. The lowest BCUT2D eigenvalue weighted by Crippen LogP contribution is -2.03. The van der Waals surface area contributed by atoms with Crippen LogP contribution in [-0.2, 0) is 0 Å². The first-order valence-electron chi connectivity index (χ1n) is 3.00. The topological polar surface area (TPSA) is 17.1 Å². The lowest BCUT2D eigenvalue weighted by molar-refractivity contribution is 0.111. The maximum atomic E-state index is 12.6. The van der Waals surface area contributed by atoms with Crippen molar-refractivity contribution in [2.45, 2.75) is 4.90 Å². The first-order chi connectivity index (χ1) is 6.00. The summed E-state index contributed by atoms with van der Waals surface area (Å²) in [5, 5.41) is 0. The molecule has 6 heteroatoms. The van der Waals surface area contributed by atoms with E-state index in [1.54, 1.807) is 0 Å². The van der Waals surface area contributed by atoms with Crippen LogP contribution in [0.15, 0.2) is 4.90 Å². The molecule has 0 atom stereocenters. The zero-order valence-corrected chi connectivity index (χ0v) is 6.84. The Balaban J connectivity index is 3.66. The molecule has 0 fully saturated rings. The second kappa shape index (κ2) is 3.37. The molecule has 0 aromatic heterocycles. The van der Waals surface area contributed by atoms with Crippen LogP contribution in [0.4, 0.5) is 17.6 Å². The Kier molecular flexibility index (Phi) is 2.60. The highest BCUT2D eigenvalue weighted by atomic mass is 32.1. The molecule has 0 heterocycles. The zero-order valence-electron chi connectivity index (χ0n) is 5.94. The fourth-order valence-electron chi connectivity index (χ4n) is 0.741. The van der Waals surface area contributed by atoms with Crippen molar-refractivity contribution in [3.05, 3.63) is 28.8 Å². The van der Waals surface area contributed by atoms with E-state index in [-0.39, 0.29) is 6.29 Å². The quantitative estimate of drug-likeness (QED) is 0.326. The van der Waals surface area contributed by atoms with Crippen LogP contribution in [0.25, 0.3) is 0 Å². The fraction of sp³-hybridized carbons (Fsp3) is 0. The van der Waals surface area contributed by atoms with Crippen molar-refractivity contribution >= 4 is 18.9 Å². The van der Waals surface area contributed by atoms with Gasteiger partial charge in [-0.2, -0.15) is 0 Å². The van der Waals surface area contributed by atoms with Crippen molar-refractivity contribution in [1.82, 2.24) is 0 Å². The Labute approximate surface area is 75.8 Å². The number of carbonyl (C=O) groups excluding carboxylic acids is 1. The number of thiol groups is 1. The van der Waals surface area contributed by atoms with E-state index in [1.165, 1.54) is 0 Å². The highest BCUT2D eigenvalue weighted by Gasteiger charge is 2.22. The Morgan fingerprint density at radius 2 is 1.31 bits per heavy atom. The molecule has 1 aromatic rings. The summed E-state index contributed by atoms with van der Waals surface area (Å²) in [6.45, 7) is 0. The van der Waals surface area contributed by atoms with Gasteiger partial charge in [-0.05, 0) is 0 Å². The molecule has 0 amide bonds. The van der Waals surface area contributed by atoms with Gasteiger partial charge in [0.05, 0.1) is 10.5 Å². The lowest BCUT2D eigenvalue weighted by Gasteiger charge is -2.03. The van der Waals surface area contributed by atoms with Gasteiger partial charge in [0.15, 0.2) is 29.6 Å². The number of carbonyl (C=O) groups is 1. The maximum Gasteiger partial charge on any atom is 0.176 e. The first-order valence-corrected chi connectivity index (χ1v) is 3.45. The van der Waals surface area contributed by atoms with Crippen molar-refractivity contribution < 1.29 is 22.4 Å². The molecule has 1 aromatic carbocycles. The van der Waals surface area contributed by atoms with Crippen LogP contribution < -0.4 is 0 Å². The van der Waals surface area contributed by atoms with Crippen molar-refractivity contribution in [2.75, 3.05) is 0 Å². The first kappa shape index (κ1) is 10.0. The molecule has 0 aliphatic heterocycles. The fourth-order valence-corrected chi connectivity index (χ4v) is 0.937. The molecule has 0 spiro atoms. The molecule has 70 valence electrons. The molecule has 0 radical (unpaired) electrons. The number of halogens is 4. The van der Waals surface area contributed by atoms with E-state index in [0.717, 1.165) is 0 Å². The van der Waals surface area contributed by atoms with Crippen LogP contribution in [0.5, 0.6) is 0 Å². The van der Waals surface area contributed by atoms with Gasteiger partial charge in [-0.15, -0.1) is 12.6 Å². The molecular weight excluding hydrogens is 208 g/mol. The minimum atomic E-state index is -1.74. The second-order valence-electron chi connectivity index (χ2n) is 2.14. The SMILES string of the molecule is O=Cc1c(F)c(F)c(S)c(F)c1F. The van der Waals surface area contributed by atoms with Gasteiger partial charge in [0.25, 0.3) is 0 Å². The molecule has 0 bridgehead atoms. The number of rotatable bonds is 1. The van der Waals surface area contributed by atoms with Gasteiger partial charge in [0, 0.05) is 0 Å². The van der Waals surface area contributed by atoms with Gasteiger partial charge in [-0.25, -0.2) is 17.6 Å². The van der Waals surface area contributed by atoms with Crippen LogP contribution in [0.1, 0.15) is 10.4 Å². The second-order valence-corrected chi connectivity index (χ2v) is 2.58. The summed E-state index contributed by atoms with van der Waals surface area (Å²) in [6, 6.07) is 0. The van der Waals surface area contributed by atoms with Crippen molar-refractivity contribution in [3.63, 3.8) is 0 Å². The molecule has 0 aliphatic carbocycles. The van der Waals surface area contributed by atoms with Crippen LogP contribution in [0.2, 0.25) is 0 Å². The minimum Gasteiger partial charge on any atom is -0.298 e. The Morgan fingerprint density at radius 1 is 0.923 bits per heavy atom. The average molecular weight is 210 g/mol. The van der Waals surface area contributed by atoms with Gasteiger partial charge in [-0.3, -0.25) is 4.79 Å². The Hall–Kier alpha value is -1.04. The summed E-state index contributed by atoms with van der Waals surface area (Å²) in [5.41, 5.74) is -1.27. The van der Waals surface area contributed by atoms with E-state index in [2.05, 4.69) is 12.6 Å². The molecule has 0 saturated heterocycles. The van der Waals surface area contributed by atoms with Crippen molar-refractivity contribution in [1.29, 1.82) is 0 Å². The normalized spacial score (nSPS) is 10.2. The third-order valence-electron chi connectivity index (χ3n) is 1.39. The Morgan fingerprint density at radius 3 is 1.62 bits per heavy atom. The predicted molar refractivity (Wildman–Crippen MR) is 38.9 cm³/mol. The molecule has 0 unspecified atom stereocenters. The van der Waals surface area contributed by atoms with E-state index in [9.17, 15) is 22.4 Å². The van der Waals surface area contributed by atoms with Crippen molar-refractivity contribution in [3.8, 4) is 0 Å². The summed E-state index contributed by atoms with van der Waals surface area (Å²) >= 11 is 3.19. The molecule has 0 N–H and O–H groups in total. The van der Waals surface area contributed by atoms with E-state index < -0.39 is 33.7 Å². The van der Waals surface area contributed by atoms with Gasteiger partial charge in [0.1, 0.15) is 0 Å². The summed E-state index contributed by atoms with van der Waals surface area (Å²) < 4.78 is 50.5. The van der Waals surface area contributed by atoms with Crippen LogP contribution >= 0.6 is 12.6 Å². The maximum absolute atomic E-state index is 12.6. The number of aldehydes is 1. The van der Waals surface area contributed by atoms with E-state index in [0.29, 0.717) is 0 Å². The van der Waals surface area contributed by atoms with Gasteiger partial charge < -0.3 is 0 Å². The van der Waals surface area contributed by atoms with Crippen LogP contribution in [0.3, 0.4) is 0 Å². The third-order valence-corrected chi connectivity index (χ3v) is 1.78. The highest BCUT2D eigenvalue weighted by Crippen LogP contribution is 2.25. The van der Waals surface area contributed by atoms with Crippen LogP contribution in [0, 0.1) is 23.3 Å². The smallest absolute Gasteiger partial charge is 0.176 e.